The Balaban J connectivity index is 1.48. The van der Waals surface area contributed by atoms with Crippen molar-refractivity contribution >= 4 is 40.7 Å². The third-order valence-corrected chi connectivity index (χ3v) is 6.62. The van der Waals surface area contributed by atoms with Crippen LogP contribution in [0.1, 0.15) is 35.8 Å². The molecule has 1 amide bonds. The van der Waals surface area contributed by atoms with Crippen LogP contribution in [0, 0.1) is 0 Å². The number of carbonyl (C=O) groups is 2. The van der Waals surface area contributed by atoms with Crippen LogP contribution in [0.15, 0.2) is 34.0 Å². The Labute approximate surface area is 167 Å². The number of anilines is 1. The van der Waals surface area contributed by atoms with Gasteiger partial charge in [-0.3, -0.25) is 4.79 Å². The Bertz CT molecular complexity index is 792. The molecule has 0 spiro atoms. The van der Waals surface area contributed by atoms with Crippen LogP contribution in [0.25, 0.3) is 0 Å². The van der Waals surface area contributed by atoms with E-state index in [1.165, 1.54) is 28.7 Å². The zero-order valence-corrected chi connectivity index (χ0v) is 16.8. The van der Waals surface area contributed by atoms with E-state index in [1.807, 2.05) is 4.90 Å². The van der Waals surface area contributed by atoms with Gasteiger partial charge in [0.15, 0.2) is 10.0 Å². The van der Waals surface area contributed by atoms with Gasteiger partial charge in [0, 0.05) is 42.4 Å². The van der Waals surface area contributed by atoms with Crippen molar-refractivity contribution in [2.45, 2.75) is 36.6 Å². The number of carboxylic acids is 1. The lowest BCUT2D eigenvalue weighted by molar-refractivity contribution is -0.128. The van der Waals surface area contributed by atoms with E-state index >= 15 is 0 Å². The third-order valence-electron chi connectivity index (χ3n) is 4.62. The van der Waals surface area contributed by atoms with Gasteiger partial charge in [-0.25, -0.2) is 9.78 Å². The lowest BCUT2D eigenvalue weighted by Crippen LogP contribution is -2.39. The molecule has 0 bridgehead atoms. The van der Waals surface area contributed by atoms with Gasteiger partial charge in [-0.15, -0.1) is 11.3 Å². The predicted octanol–water partition coefficient (Wildman–Crippen LogP) is 3.60. The molecule has 0 radical (unpaired) electrons. The molecular formula is C19H23N3O3S2. The minimum Gasteiger partial charge on any atom is -0.476 e. The minimum absolute atomic E-state index is 0.0796. The number of carbonyl (C=O) groups excluding carboxylic acids is 1. The van der Waals surface area contributed by atoms with Crippen molar-refractivity contribution in [3.05, 3.63) is 40.9 Å². The molecule has 0 aliphatic carbocycles. The number of benzene rings is 1. The number of hydrogen-bond acceptors (Lipinski definition) is 6. The van der Waals surface area contributed by atoms with Crippen molar-refractivity contribution in [3.8, 4) is 0 Å². The average molecular weight is 406 g/mol. The molecule has 6 nitrogen and oxygen atoms in total. The summed E-state index contributed by atoms with van der Waals surface area (Å²) < 4.78 is 0.727. The van der Waals surface area contributed by atoms with E-state index in [4.69, 9.17) is 5.11 Å². The summed E-state index contributed by atoms with van der Waals surface area (Å²) in [7, 11) is 0. The van der Waals surface area contributed by atoms with Gasteiger partial charge in [0.1, 0.15) is 0 Å². The van der Waals surface area contributed by atoms with Gasteiger partial charge in [0.25, 0.3) is 0 Å². The number of carboxylic acid groups (broad SMARTS) is 1. The number of thioether (sulfide) groups is 1. The fourth-order valence-electron chi connectivity index (χ4n) is 3.06. The lowest BCUT2D eigenvalue weighted by atomic mass is 10.1. The fraction of sp³-hybridized carbons (Fsp3) is 0.421. The Morgan fingerprint density at radius 2 is 2.19 bits per heavy atom. The molecule has 8 heteroatoms. The van der Waals surface area contributed by atoms with Crippen molar-refractivity contribution < 1.29 is 14.7 Å². The van der Waals surface area contributed by atoms with Gasteiger partial charge in [-0.05, 0) is 30.5 Å². The molecule has 1 unspecified atom stereocenters. The minimum atomic E-state index is -1.01. The average Bonchev–Trinajstić information content (AvgIpc) is 3.28. The van der Waals surface area contributed by atoms with E-state index in [1.54, 1.807) is 5.38 Å². The van der Waals surface area contributed by atoms with Gasteiger partial charge in [-0.2, -0.15) is 0 Å². The van der Waals surface area contributed by atoms with E-state index < -0.39 is 5.97 Å². The van der Waals surface area contributed by atoms with Crippen LogP contribution in [-0.2, 0) is 11.2 Å². The standard InChI is InChI=1S/C19H23N3O3S2/c1-2-13-3-5-14(6-4-13)20-11-15-7-8-17(23)22(15)9-10-26-19-21-16(12-27-19)18(24)25/h3-6,12,15,20H,2,7-11H2,1H3,(H,24,25). The summed E-state index contributed by atoms with van der Waals surface area (Å²) in [6.45, 7) is 3.52. The first-order valence-electron chi connectivity index (χ1n) is 9.00. The highest BCUT2D eigenvalue weighted by atomic mass is 32.2. The summed E-state index contributed by atoms with van der Waals surface area (Å²) in [6, 6.07) is 8.59. The van der Waals surface area contributed by atoms with Gasteiger partial charge < -0.3 is 15.3 Å². The SMILES string of the molecule is CCc1ccc(NCC2CCC(=O)N2CCSc2nc(C(=O)O)cs2)cc1. The lowest BCUT2D eigenvalue weighted by Gasteiger charge is -2.25. The molecule has 1 aromatic carbocycles. The maximum absolute atomic E-state index is 12.2. The molecule has 2 N–H and O–H groups in total. The number of nitrogens with one attached hydrogen (secondary N) is 1. The first-order valence-corrected chi connectivity index (χ1v) is 10.9. The maximum Gasteiger partial charge on any atom is 0.355 e. The Morgan fingerprint density at radius 1 is 1.41 bits per heavy atom. The Hall–Kier alpha value is -2.06. The number of nitrogens with zero attached hydrogens (tertiary/aromatic N) is 2. The topological polar surface area (TPSA) is 82.5 Å². The first kappa shape index (κ1) is 19.7. The second kappa shape index (κ2) is 9.23. The number of aryl methyl sites for hydroxylation is 1. The molecule has 27 heavy (non-hydrogen) atoms. The van der Waals surface area contributed by atoms with E-state index in [-0.39, 0.29) is 17.6 Å². The van der Waals surface area contributed by atoms with Gasteiger partial charge >= 0.3 is 5.97 Å². The molecule has 2 heterocycles. The Morgan fingerprint density at radius 3 is 2.85 bits per heavy atom. The molecule has 144 valence electrons. The van der Waals surface area contributed by atoms with Crippen molar-refractivity contribution in [2.24, 2.45) is 0 Å². The quantitative estimate of drug-likeness (QED) is 0.620. The van der Waals surface area contributed by atoms with Crippen molar-refractivity contribution in [1.82, 2.24) is 9.88 Å². The number of aromatic nitrogens is 1. The summed E-state index contributed by atoms with van der Waals surface area (Å²) in [6.07, 6.45) is 2.48. The smallest absolute Gasteiger partial charge is 0.355 e. The highest BCUT2D eigenvalue weighted by Crippen LogP contribution is 2.25. The zero-order valence-electron chi connectivity index (χ0n) is 15.2. The summed E-state index contributed by atoms with van der Waals surface area (Å²) in [5.74, 6) is -0.111. The fourth-order valence-corrected chi connectivity index (χ4v) is 4.87. The first-order chi connectivity index (χ1) is 13.1. The normalized spacial score (nSPS) is 16.7. The van der Waals surface area contributed by atoms with Crippen LogP contribution in [0.3, 0.4) is 0 Å². The van der Waals surface area contributed by atoms with Crippen LogP contribution in [0.2, 0.25) is 0 Å². The molecule has 1 aliphatic heterocycles. The number of aromatic carboxylic acids is 1. The van der Waals surface area contributed by atoms with Crippen LogP contribution in [-0.4, -0.2) is 51.8 Å². The van der Waals surface area contributed by atoms with Gasteiger partial charge in [0.2, 0.25) is 5.91 Å². The van der Waals surface area contributed by atoms with Crippen LogP contribution in [0.4, 0.5) is 5.69 Å². The number of likely N-dealkylation sites (tertiary alicyclic amines) is 1. The van der Waals surface area contributed by atoms with Crippen molar-refractivity contribution in [1.29, 1.82) is 0 Å². The summed E-state index contributed by atoms with van der Waals surface area (Å²) in [5, 5.41) is 13.9. The van der Waals surface area contributed by atoms with E-state index in [0.717, 1.165) is 29.4 Å². The van der Waals surface area contributed by atoms with Crippen LogP contribution < -0.4 is 5.32 Å². The molecule has 1 saturated heterocycles. The molecule has 3 rings (SSSR count). The molecule has 0 saturated carbocycles. The molecule has 2 aromatic rings. The zero-order chi connectivity index (χ0) is 19.2. The van der Waals surface area contributed by atoms with Crippen LogP contribution in [0.5, 0.6) is 0 Å². The van der Waals surface area contributed by atoms with Gasteiger partial charge in [-0.1, -0.05) is 30.8 Å². The third kappa shape index (κ3) is 5.23. The number of rotatable bonds is 9. The summed E-state index contributed by atoms with van der Waals surface area (Å²) >= 11 is 2.83. The molecule has 1 aromatic heterocycles. The van der Waals surface area contributed by atoms with E-state index in [2.05, 4.69) is 41.5 Å². The number of amides is 1. The van der Waals surface area contributed by atoms with Crippen LogP contribution >= 0.6 is 23.1 Å². The predicted molar refractivity (Wildman–Crippen MR) is 109 cm³/mol. The number of thiazole rings is 1. The largest absolute Gasteiger partial charge is 0.476 e. The second-order valence-electron chi connectivity index (χ2n) is 6.36. The Kier molecular flexibility index (Phi) is 6.73. The highest BCUT2D eigenvalue weighted by Gasteiger charge is 2.30. The van der Waals surface area contributed by atoms with Crippen molar-refractivity contribution in [3.63, 3.8) is 0 Å². The molecule has 1 aliphatic rings. The van der Waals surface area contributed by atoms with Gasteiger partial charge in [0.05, 0.1) is 0 Å². The number of hydrogen-bond donors (Lipinski definition) is 2. The van der Waals surface area contributed by atoms with Crippen molar-refractivity contribution in [2.75, 3.05) is 24.2 Å². The van der Waals surface area contributed by atoms with E-state index in [0.29, 0.717) is 18.7 Å². The second-order valence-corrected chi connectivity index (χ2v) is 8.56. The summed E-state index contributed by atoms with van der Waals surface area (Å²) in [4.78, 5) is 29.1. The molecule has 1 atom stereocenters. The molecule has 1 fully saturated rings. The maximum atomic E-state index is 12.2. The highest BCUT2D eigenvalue weighted by molar-refractivity contribution is 8.01. The molecular weight excluding hydrogens is 382 g/mol. The van der Waals surface area contributed by atoms with E-state index in [9.17, 15) is 9.59 Å². The summed E-state index contributed by atoms with van der Waals surface area (Å²) in [5.41, 5.74) is 2.46. The monoisotopic (exact) mass is 405 g/mol.